The number of hydrogen-bond donors (Lipinski definition) is 1. The van der Waals surface area contributed by atoms with E-state index in [0.29, 0.717) is 6.04 Å². The molecule has 1 atom stereocenters. The number of rotatable bonds is 5. The zero-order valence-corrected chi connectivity index (χ0v) is 13.7. The Morgan fingerprint density at radius 1 is 1.23 bits per heavy atom. The standard InChI is InChI=1S/C19H28N2O/c1-15-6-2-3-12-21(15)13-5-11-20-19(22)18-10-9-16-7-4-8-17(16)14-18/h9-10,14-15H,2-8,11-13H2,1H3,(H,20,22)/t15-/m0/s1. The second kappa shape index (κ2) is 7.28. The predicted octanol–water partition coefficient (Wildman–Crippen LogP) is 3.17. The molecule has 3 nitrogen and oxygen atoms in total. The van der Waals surface area contributed by atoms with Gasteiger partial charge in [-0.05, 0) is 75.3 Å². The fourth-order valence-corrected chi connectivity index (χ4v) is 3.79. The minimum Gasteiger partial charge on any atom is -0.352 e. The van der Waals surface area contributed by atoms with E-state index in [1.54, 1.807) is 0 Å². The Kier molecular flexibility index (Phi) is 5.14. The molecule has 0 unspecified atom stereocenters. The van der Waals surface area contributed by atoms with Gasteiger partial charge >= 0.3 is 0 Å². The van der Waals surface area contributed by atoms with Gasteiger partial charge in [-0.1, -0.05) is 12.5 Å². The van der Waals surface area contributed by atoms with Crippen LogP contribution >= 0.6 is 0 Å². The number of nitrogens with zero attached hydrogens (tertiary/aromatic N) is 1. The Balaban J connectivity index is 1.42. The maximum Gasteiger partial charge on any atom is 0.251 e. The minimum atomic E-state index is 0.0846. The highest BCUT2D eigenvalue weighted by atomic mass is 16.1. The first-order valence-corrected chi connectivity index (χ1v) is 8.88. The van der Waals surface area contributed by atoms with Crippen molar-refractivity contribution in [2.24, 2.45) is 0 Å². The van der Waals surface area contributed by atoms with E-state index in [4.69, 9.17) is 0 Å². The lowest BCUT2D eigenvalue weighted by molar-refractivity contribution is 0.0949. The summed E-state index contributed by atoms with van der Waals surface area (Å²) >= 11 is 0. The molecule has 1 aromatic rings. The van der Waals surface area contributed by atoms with Gasteiger partial charge in [-0.2, -0.15) is 0 Å². The summed E-state index contributed by atoms with van der Waals surface area (Å²) in [5, 5.41) is 3.08. The zero-order chi connectivity index (χ0) is 15.4. The second-order valence-corrected chi connectivity index (χ2v) is 6.83. The van der Waals surface area contributed by atoms with Crippen molar-refractivity contribution in [2.75, 3.05) is 19.6 Å². The molecule has 0 radical (unpaired) electrons. The highest BCUT2D eigenvalue weighted by molar-refractivity contribution is 5.94. The maximum atomic E-state index is 12.2. The number of hydrogen-bond acceptors (Lipinski definition) is 2. The van der Waals surface area contributed by atoms with Gasteiger partial charge < -0.3 is 10.2 Å². The molecule has 1 fully saturated rings. The van der Waals surface area contributed by atoms with Gasteiger partial charge in [-0.15, -0.1) is 0 Å². The van der Waals surface area contributed by atoms with Crippen LogP contribution in [0.1, 0.15) is 60.5 Å². The van der Waals surface area contributed by atoms with Crippen LogP contribution in [0.25, 0.3) is 0 Å². The highest BCUT2D eigenvalue weighted by Gasteiger charge is 2.17. The molecule has 1 heterocycles. The van der Waals surface area contributed by atoms with Crippen LogP contribution < -0.4 is 5.32 Å². The van der Waals surface area contributed by atoms with E-state index in [2.05, 4.69) is 29.3 Å². The van der Waals surface area contributed by atoms with Crippen molar-refractivity contribution in [3.8, 4) is 0 Å². The summed E-state index contributed by atoms with van der Waals surface area (Å²) in [6.45, 7) is 5.42. The molecule has 2 aliphatic rings. The van der Waals surface area contributed by atoms with Gasteiger partial charge in [-0.3, -0.25) is 4.79 Å². The number of carbonyl (C=O) groups excluding carboxylic acids is 1. The summed E-state index contributed by atoms with van der Waals surface area (Å²) in [6.07, 6.45) is 8.59. The van der Waals surface area contributed by atoms with Gasteiger partial charge in [0.1, 0.15) is 0 Å². The van der Waals surface area contributed by atoms with E-state index in [9.17, 15) is 4.79 Å². The summed E-state index contributed by atoms with van der Waals surface area (Å²) in [7, 11) is 0. The lowest BCUT2D eigenvalue weighted by Crippen LogP contribution is -2.39. The van der Waals surface area contributed by atoms with Crippen molar-refractivity contribution in [3.05, 3.63) is 34.9 Å². The Hall–Kier alpha value is -1.35. The van der Waals surface area contributed by atoms with Crippen molar-refractivity contribution in [1.29, 1.82) is 0 Å². The third-order valence-electron chi connectivity index (χ3n) is 5.21. The first-order chi connectivity index (χ1) is 10.7. The van der Waals surface area contributed by atoms with Crippen LogP contribution in [0.3, 0.4) is 0 Å². The molecular weight excluding hydrogens is 272 g/mol. The van der Waals surface area contributed by atoms with E-state index >= 15 is 0 Å². The molecule has 0 aromatic heterocycles. The molecule has 0 saturated carbocycles. The van der Waals surface area contributed by atoms with Crippen LogP contribution in [-0.4, -0.2) is 36.5 Å². The van der Waals surface area contributed by atoms with Crippen molar-refractivity contribution in [3.63, 3.8) is 0 Å². The molecule has 1 N–H and O–H groups in total. The third-order valence-corrected chi connectivity index (χ3v) is 5.21. The number of carbonyl (C=O) groups is 1. The molecule has 1 aliphatic carbocycles. The number of piperidine rings is 1. The maximum absolute atomic E-state index is 12.2. The van der Waals surface area contributed by atoms with Crippen LogP contribution in [0.5, 0.6) is 0 Å². The van der Waals surface area contributed by atoms with Gasteiger partial charge in [0.25, 0.3) is 5.91 Å². The van der Waals surface area contributed by atoms with Crippen LogP contribution in [-0.2, 0) is 12.8 Å². The summed E-state index contributed by atoms with van der Waals surface area (Å²) < 4.78 is 0. The highest BCUT2D eigenvalue weighted by Crippen LogP contribution is 2.22. The molecule has 1 aromatic carbocycles. The molecule has 1 saturated heterocycles. The molecule has 3 heteroatoms. The number of fused-ring (bicyclic) bond motifs is 1. The monoisotopic (exact) mass is 300 g/mol. The van der Waals surface area contributed by atoms with Gasteiger partial charge in [-0.25, -0.2) is 0 Å². The minimum absolute atomic E-state index is 0.0846. The lowest BCUT2D eigenvalue weighted by Gasteiger charge is -2.33. The Morgan fingerprint density at radius 3 is 2.95 bits per heavy atom. The van der Waals surface area contributed by atoms with E-state index < -0.39 is 0 Å². The number of aryl methyl sites for hydroxylation is 2. The first kappa shape index (κ1) is 15.5. The van der Waals surface area contributed by atoms with Crippen molar-refractivity contribution >= 4 is 5.91 Å². The number of benzene rings is 1. The van der Waals surface area contributed by atoms with Gasteiger partial charge in [0.15, 0.2) is 0 Å². The van der Waals surface area contributed by atoms with E-state index in [0.717, 1.165) is 31.5 Å². The summed E-state index contributed by atoms with van der Waals surface area (Å²) in [4.78, 5) is 14.8. The fraction of sp³-hybridized carbons (Fsp3) is 0.632. The number of likely N-dealkylation sites (tertiary alicyclic amines) is 1. The van der Waals surface area contributed by atoms with Gasteiger partial charge in [0.05, 0.1) is 0 Å². The molecular formula is C19H28N2O. The molecule has 0 spiro atoms. The lowest BCUT2D eigenvalue weighted by atomic mass is 10.0. The Morgan fingerprint density at radius 2 is 2.09 bits per heavy atom. The smallest absolute Gasteiger partial charge is 0.251 e. The van der Waals surface area contributed by atoms with Crippen LogP contribution in [0.2, 0.25) is 0 Å². The second-order valence-electron chi connectivity index (χ2n) is 6.83. The van der Waals surface area contributed by atoms with E-state index in [1.165, 1.54) is 49.8 Å². The third kappa shape index (κ3) is 3.70. The molecule has 1 aliphatic heterocycles. The molecule has 0 bridgehead atoms. The largest absolute Gasteiger partial charge is 0.352 e. The Labute approximate surface area is 134 Å². The van der Waals surface area contributed by atoms with Crippen LogP contribution in [0, 0.1) is 0 Å². The zero-order valence-electron chi connectivity index (χ0n) is 13.7. The van der Waals surface area contributed by atoms with Crippen LogP contribution in [0.15, 0.2) is 18.2 Å². The van der Waals surface area contributed by atoms with Crippen molar-refractivity contribution in [2.45, 2.75) is 57.9 Å². The van der Waals surface area contributed by atoms with E-state index in [1.807, 2.05) is 6.07 Å². The number of amides is 1. The topological polar surface area (TPSA) is 32.3 Å². The normalized spacial score (nSPS) is 21.6. The summed E-state index contributed by atoms with van der Waals surface area (Å²) in [6, 6.07) is 6.91. The average molecular weight is 300 g/mol. The first-order valence-electron chi connectivity index (χ1n) is 8.88. The Bertz CT molecular complexity index is 526. The van der Waals surface area contributed by atoms with Crippen molar-refractivity contribution in [1.82, 2.24) is 10.2 Å². The predicted molar refractivity (Wildman–Crippen MR) is 90.3 cm³/mol. The average Bonchev–Trinajstić information content (AvgIpc) is 3.00. The number of nitrogens with one attached hydrogen (secondary N) is 1. The molecule has 22 heavy (non-hydrogen) atoms. The van der Waals surface area contributed by atoms with Gasteiger partial charge in [0.2, 0.25) is 0 Å². The SMILES string of the molecule is C[C@H]1CCCCN1CCCNC(=O)c1ccc2c(c1)CCC2. The fourth-order valence-electron chi connectivity index (χ4n) is 3.79. The summed E-state index contributed by atoms with van der Waals surface area (Å²) in [5.74, 6) is 0.0846. The summed E-state index contributed by atoms with van der Waals surface area (Å²) in [5.41, 5.74) is 3.62. The van der Waals surface area contributed by atoms with Crippen molar-refractivity contribution < 1.29 is 4.79 Å². The molecule has 3 rings (SSSR count). The van der Waals surface area contributed by atoms with Gasteiger partial charge in [0, 0.05) is 24.7 Å². The quantitative estimate of drug-likeness (QED) is 0.847. The van der Waals surface area contributed by atoms with Crippen LogP contribution in [0.4, 0.5) is 0 Å². The molecule has 120 valence electrons. The molecule has 1 amide bonds. The van der Waals surface area contributed by atoms with E-state index in [-0.39, 0.29) is 5.91 Å².